The van der Waals surface area contributed by atoms with Crippen molar-refractivity contribution < 1.29 is 20.9 Å². The quantitative estimate of drug-likeness (QED) is 0.541. The molecule has 0 aromatic carbocycles. The molecule has 0 aliphatic carbocycles. The van der Waals surface area contributed by atoms with E-state index in [-0.39, 0.29) is 22.6 Å². The van der Waals surface area contributed by atoms with Crippen molar-refractivity contribution in [3.05, 3.63) is 0 Å². The highest BCUT2D eigenvalue weighted by atomic mass is 16.0. The molecule has 0 bridgehead atoms. The van der Waals surface area contributed by atoms with Gasteiger partial charge in [0.15, 0.2) is 0 Å². The first-order chi connectivity index (χ1) is 8.24. The van der Waals surface area contributed by atoms with E-state index >= 15 is 0 Å². The van der Waals surface area contributed by atoms with Crippen LogP contribution in [-0.4, -0.2) is 47.1 Å². The molecule has 136 valence electrons. The second kappa shape index (κ2) is 22.1. The molecule has 0 rings (SSSR count). The molecule has 0 aliphatic heterocycles. The van der Waals surface area contributed by atoms with Crippen LogP contribution in [0.1, 0.15) is 79.1 Å². The molecule has 8 N–H and O–H groups in total. The van der Waals surface area contributed by atoms with E-state index in [0.717, 1.165) is 0 Å². The van der Waals surface area contributed by atoms with Crippen LogP contribution in [0.15, 0.2) is 0 Å². The van der Waals surface area contributed by atoms with Gasteiger partial charge in [0.05, 0.1) is 26.2 Å². The van der Waals surface area contributed by atoms with E-state index < -0.39 is 0 Å². The Morgan fingerprint density at radius 3 is 0.857 bits per heavy atom. The van der Waals surface area contributed by atoms with Crippen molar-refractivity contribution in [3.8, 4) is 0 Å². The lowest BCUT2D eigenvalue weighted by Gasteiger charge is -2.39. The second-order valence-electron chi connectivity index (χ2n) is 5.65. The first kappa shape index (κ1) is 32.7. The smallest absolute Gasteiger partial charge is 0.0786 e. The zero-order valence-corrected chi connectivity index (χ0v) is 15.3. The fraction of sp³-hybridized carbons (Fsp3) is 1.00. The van der Waals surface area contributed by atoms with Gasteiger partial charge in [-0.05, 0) is 25.7 Å². The van der Waals surface area contributed by atoms with Crippen molar-refractivity contribution in [2.45, 2.75) is 79.1 Å². The van der Waals surface area contributed by atoms with E-state index in [1.165, 1.54) is 82.0 Å². The predicted molar refractivity (Wildman–Crippen MR) is 92.8 cm³/mol. The maximum atomic E-state index is 2.33. The molecule has 0 saturated heterocycles. The predicted octanol–water partition coefficient (Wildman–Crippen LogP) is 4.20. The van der Waals surface area contributed by atoms with Gasteiger partial charge in [0.1, 0.15) is 0 Å². The van der Waals surface area contributed by atoms with Gasteiger partial charge in [-0.3, -0.25) is 0 Å². The van der Waals surface area contributed by atoms with Crippen molar-refractivity contribution in [1.82, 2.24) is 6.15 Å². The van der Waals surface area contributed by atoms with Gasteiger partial charge < -0.3 is 27.1 Å². The van der Waals surface area contributed by atoms with Crippen LogP contribution < -0.4 is 6.15 Å². The van der Waals surface area contributed by atoms with Crippen molar-refractivity contribution >= 4 is 0 Å². The molecule has 5 nitrogen and oxygen atoms in total. The Morgan fingerprint density at radius 1 is 0.524 bits per heavy atom. The van der Waals surface area contributed by atoms with E-state index in [1.807, 2.05) is 0 Å². The Labute approximate surface area is 133 Å². The van der Waals surface area contributed by atoms with Crippen molar-refractivity contribution in [2.75, 3.05) is 26.2 Å². The van der Waals surface area contributed by atoms with Crippen LogP contribution in [0.5, 0.6) is 0 Å². The standard InChI is InChI=1S/C16H36N.H3N.3H2O/c1-5-9-13-17(14-10-6-2,15-11-7-3)16-12-8-4;;;;/h5-16H2,1-4H3;1H3;3*1H2/q+1;;;;/p-1. The molecule has 5 heteroatoms. The summed E-state index contributed by atoms with van der Waals surface area (Å²) >= 11 is 0. The number of nitrogens with zero attached hydrogens (tertiary/aromatic N) is 1. The van der Waals surface area contributed by atoms with E-state index in [2.05, 4.69) is 27.7 Å². The van der Waals surface area contributed by atoms with Crippen LogP contribution in [0.4, 0.5) is 0 Å². The van der Waals surface area contributed by atoms with Gasteiger partial charge in [-0.2, -0.15) is 0 Å². The zero-order chi connectivity index (χ0) is 13.0. The monoisotopic (exact) mass is 312 g/mol. The van der Waals surface area contributed by atoms with E-state index in [9.17, 15) is 0 Å². The second-order valence-corrected chi connectivity index (χ2v) is 5.65. The third kappa shape index (κ3) is 16.0. The minimum atomic E-state index is 0. The Hall–Kier alpha value is -0.200. The molecule has 0 spiro atoms. The van der Waals surface area contributed by atoms with Gasteiger partial charge in [-0.25, -0.2) is 0 Å². The van der Waals surface area contributed by atoms with Gasteiger partial charge >= 0.3 is 0 Å². The third-order valence-electron chi connectivity index (χ3n) is 3.94. The molecule has 0 fully saturated rings. The maximum absolute atomic E-state index is 2.33. The molecule has 0 saturated carbocycles. The SMILES string of the molecule is CCCC[N+](CCCC)(CCCC)CCCC.O.[NH4+].[OH-].[OH-]. The lowest BCUT2D eigenvalue weighted by Crippen LogP contribution is -2.50. The first-order valence-electron chi connectivity index (χ1n) is 8.09. The number of quaternary nitrogens is 2. The molecule has 0 amide bonds. The minimum Gasteiger partial charge on any atom is -0.870 e. The number of rotatable bonds is 12. The molecular weight excluding hydrogens is 268 g/mol. The van der Waals surface area contributed by atoms with Crippen LogP contribution in [0.2, 0.25) is 0 Å². The molecule has 21 heavy (non-hydrogen) atoms. The van der Waals surface area contributed by atoms with Crippen LogP contribution in [-0.2, 0) is 0 Å². The topological polar surface area (TPSA) is 128 Å². The average Bonchev–Trinajstić information content (AvgIpc) is 2.37. The third-order valence-corrected chi connectivity index (χ3v) is 3.94. The summed E-state index contributed by atoms with van der Waals surface area (Å²) in [6.07, 6.45) is 11.1. The highest BCUT2D eigenvalue weighted by molar-refractivity contribution is 4.49. The summed E-state index contributed by atoms with van der Waals surface area (Å²) in [5.74, 6) is 0. The van der Waals surface area contributed by atoms with Gasteiger partial charge in [-0.1, -0.05) is 53.4 Å². The van der Waals surface area contributed by atoms with E-state index in [0.29, 0.717) is 0 Å². The minimum absolute atomic E-state index is 0. The Kier molecular flexibility index (Phi) is 34.4. The molecular formula is C16H44N2O3. The summed E-state index contributed by atoms with van der Waals surface area (Å²) < 4.78 is 1.42. The maximum Gasteiger partial charge on any atom is 0.0786 e. The Bertz CT molecular complexity index is 132. The molecule has 0 heterocycles. The lowest BCUT2D eigenvalue weighted by atomic mass is 10.1. The van der Waals surface area contributed by atoms with Crippen molar-refractivity contribution in [1.29, 1.82) is 0 Å². The van der Waals surface area contributed by atoms with Gasteiger partial charge in [0.25, 0.3) is 0 Å². The Morgan fingerprint density at radius 2 is 0.714 bits per heavy atom. The number of hydrogen-bond donors (Lipinski definition) is 1. The summed E-state index contributed by atoms with van der Waals surface area (Å²) in [5, 5.41) is 0. The lowest BCUT2D eigenvalue weighted by molar-refractivity contribution is -0.929. The molecule has 0 aromatic heterocycles. The van der Waals surface area contributed by atoms with Gasteiger partial charge in [0, 0.05) is 0 Å². The van der Waals surface area contributed by atoms with Crippen molar-refractivity contribution in [2.24, 2.45) is 0 Å². The fourth-order valence-corrected chi connectivity index (χ4v) is 2.64. The fourth-order valence-electron chi connectivity index (χ4n) is 2.64. The van der Waals surface area contributed by atoms with Crippen LogP contribution in [0.25, 0.3) is 0 Å². The largest absolute Gasteiger partial charge is 0.870 e. The van der Waals surface area contributed by atoms with Crippen LogP contribution in [0.3, 0.4) is 0 Å². The number of unbranched alkanes of at least 4 members (excludes halogenated alkanes) is 4. The summed E-state index contributed by atoms with van der Waals surface area (Å²) in [6.45, 7) is 15.0. The zero-order valence-electron chi connectivity index (χ0n) is 15.3. The van der Waals surface area contributed by atoms with Crippen LogP contribution >= 0.6 is 0 Å². The molecule has 0 aliphatic rings. The highest BCUT2D eigenvalue weighted by Crippen LogP contribution is 2.16. The molecule has 0 unspecified atom stereocenters. The van der Waals surface area contributed by atoms with E-state index in [4.69, 9.17) is 0 Å². The van der Waals surface area contributed by atoms with Gasteiger partial charge in [-0.15, -0.1) is 0 Å². The summed E-state index contributed by atoms with van der Waals surface area (Å²) in [4.78, 5) is 0. The Balaban J connectivity index is -0.000000213. The normalized spacial score (nSPS) is 9.71. The number of hydrogen-bond acceptors (Lipinski definition) is 2. The molecule has 0 atom stereocenters. The highest BCUT2D eigenvalue weighted by Gasteiger charge is 2.24. The first-order valence-corrected chi connectivity index (χ1v) is 8.09. The summed E-state index contributed by atoms with van der Waals surface area (Å²) in [7, 11) is 0. The van der Waals surface area contributed by atoms with Crippen molar-refractivity contribution in [3.63, 3.8) is 0 Å². The summed E-state index contributed by atoms with van der Waals surface area (Å²) in [5.41, 5.74) is 0. The van der Waals surface area contributed by atoms with E-state index in [1.54, 1.807) is 0 Å². The molecule has 0 radical (unpaired) electrons. The summed E-state index contributed by atoms with van der Waals surface area (Å²) in [6, 6.07) is 0. The van der Waals surface area contributed by atoms with Crippen LogP contribution in [0, 0.1) is 0 Å². The van der Waals surface area contributed by atoms with Gasteiger partial charge in [0.2, 0.25) is 0 Å². The molecule has 0 aromatic rings. The average molecular weight is 313 g/mol.